The fraction of sp³-hybridized carbons (Fsp3) is 1.00. The molecule has 0 aromatic rings. The van der Waals surface area contributed by atoms with Crippen molar-refractivity contribution in [1.82, 2.24) is 0 Å². The molecule has 2 unspecified atom stereocenters. The van der Waals surface area contributed by atoms with Crippen molar-refractivity contribution in [3.05, 3.63) is 0 Å². The van der Waals surface area contributed by atoms with Gasteiger partial charge >= 0.3 is 27.8 Å². The van der Waals surface area contributed by atoms with Gasteiger partial charge in [-0.05, 0) is 37.2 Å². The molecule has 0 fully saturated rings. The Hall–Kier alpha value is 2.75. The van der Waals surface area contributed by atoms with Crippen LogP contribution in [0.3, 0.4) is 0 Å². The van der Waals surface area contributed by atoms with Crippen LogP contribution >= 0.6 is 44.0 Å². The van der Waals surface area contributed by atoms with E-state index in [2.05, 4.69) is 37.5 Å². The summed E-state index contributed by atoms with van der Waals surface area (Å²) in [6.45, 7) is 9.83. The topological polar surface area (TPSA) is 64.6 Å². The van der Waals surface area contributed by atoms with Gasteiger partial charge in [0.15, 0.2) is 0 Å². The van der Waals surface area contributed by atoms with Crippen LogP contribution in [-0.4, -0.2) is 24.7 Å². The van der Waals surface area contributed by atoms with Gasteiger partial charge in [0.2, 0.25) is 0 Å². The summed E-state index contributed by atoms with van der Waals surface area (Å²) in [5, 5.41) is 0. The Kier molecular flexibility index (Phi) is 40.7. The van der Waals surface area contributed by atoms with Gasteiger partial charge in [-0.3, -0.25) is 0 Å². The summed E-state index contributed by atoms with van der Waals surface area (Å²) < 4.78 is 10.6. The van der Waals surface area contributed by atoms with Crippen LogP contribution < -0.4 is 9.79 Å². The molecule has 0 aromatic heterocycles. The molecule has 0 aliphatic heterocycles. The Bertz CT molecular complexity index is 457. The first kappa shape index (κ1) is 43.2. The van der Waals surface area contributed by atoms with Crippen molar-refractivity contribution in [2.45, 2.75) is 130 Å². The standard InChI is InChI=1S/2C12H27O2PS2.Mo.S/c2*1-3-5-7-9-11-14-15(13,16)17-12-10-8-6-4-2;;/h2*3-12H2,1-2H3,(H,13,16);;/q;;+2;/p-2. The number of hydrogen-bond donors (Lipinski definition) is 0. The third-order valence-electron chi connectivity index (χ3n) is 4.99. The van der Waals surface area contributed by atoms with Crippen molar-refractivity contribution in [1.29, 1.82) is 0 Å². The molecule has 2 atom stereocenters. The molecule has 0 radical (unpaired) electrons. The molecule has 0 bridgehead atoms. The Balaban J connectivity index is -0.000000565. The van der Waals surface area contributed by atoms with Gasteiger partial charge < -0.3 is 18.8 Å². The third kappa shape index (κ3) is 38.9. The van der Waals surface area contributed by atoms with E-state index in [-0.39, 0.29) is 0 Å². The van der Waals surface area contributed by atoms with E-state index in [4.69, 9.17) is 32.7 Å². The molecule has 0 aliphatic rings. The van der Waals surface area contributed by atoms with Crippen LogP contribution in [0.5, 0.6) is 0 Å². The van der Waals surface area contributed by atoms with Gasteiger partial charge in [0.1, 0.15) is 0 Å². The van der Waals surface area contributed by atoms with E-state index in [0.717, 1.165) is 50.0 Å². The molecular weight excluding hydrogens is 670 g/mol. The van der Waals surface area contributed by atoms with Crippen LogP contribution in [0.1, 0.15) is 130 Å². The van der Waals surface area contributed by atoms with E-state index in [1.54, 1.807) is 0 Å². The second-order valence-electron chi connectivity index (χ2n) is 8.47. The summed E-state index contributed by atoms with van der Waals surface area (Å²) in [4.78, 5) is 23.7. The monoisotopic (exact) mass is 724 g/mol. The molecule has 0 spiro atoms. The van der Waals surface area contributed by atoms with E-state index in [9.17, 15) is 9.79 Å². The van der Waals surface area contributed by atoms with Crippen LogP contribution in [0.25, 0.3) is 0 Å². The summed E-state index contributed by atoms with van der Waals surface area (Å²) in [5.74, 6) is 1.74. The first-order valence-electron chi connectivity index (χ1n) is 13.6. The third-order valence-corrected chi connectivity index (χ3v) is 13.7. The van der Waals surface area contributed by atoms with Gasteiger partial charge in [-0.2, -0.15) is 0 Å². The quantitative estimate of drug-likeness (QED) is 0.0551. The van der Waals surface area contributed by atoms with E-state index in [0.29, 0.717) is 13.2 Å². The van der Waals surface area contributed by atoms with Crippen LogP contribution in [0.2, 0.25) is 0 Å². The second kappa shape index (κ2) is 34.0. The molecule has 0 saturated carbocycles. The maximum atomic E-state index is 11.8. The average molecular weight is 723 g/mol. The molecule has 0 rings (SSSR count). The van der Waals surface area contributed by atoms with E-state index in [1.165, 1.54) is 105 Å². The van der Waals surface area contributed by atoms with Crippen molar-refractivity contribution in [3.8, 4) is 0 Å². The number of hydrogen-bond acceptors (Lipinski definition) is 9. The summed E-state index contributed by atoms with van der Waals surface area (Å²) in [7, 11) is 4.09. The first-order chi connectivity index (χ1) is 17.2. The van der Waals surface area contributed by atoms with Gasteiger partial charge in [-0.15, -0.1) is 22.8 Å². The molecule has 0 heterocycles. The Labute approximate surface area is 257 Å². The second-order valence-corrected chi connectivity index (χ2v) is 20.8. The van der Waals surface area contributed by atoms with Crippen LogP contribution in [0.15, 0.2) is 0 Å². The van der Waals surface area contributed by atoms with Crippen LogP contribution in [0.4, 0.5) is 0 Å². The number of unbranched alkanes of at least 4 members (excludes halogenated alkanes) is 12. The zero-order valence-corrected chi connectivity index (χ0v) is 31.0. The summed E-state index contributed by atoms with van der Waals surface area (Å²) in [5.41, 5.74) is -5.58. The first-order valence-corrected chi connectivity index (χ1v) is 24.9. The molecule has 0 amide bonds. The van der Waals surface area contributed by atoms with Crippen LogP contribution in [0, 0.1) is 0 Å². The van der Waals surface area contributed by atoms with Gasteiger partial charge in [0.25, 0.3) is 0 Å². The van der Waals surface area contributed by atoms with Gasteiger partial charge in [0, 0.05) is 11.4 Å². The van der Waals surface area contributed by atoms with Gasteiger partial charge in [-0.1, -0.05) is 128 Å². The van der Waals surface area contributed by atoms with E-state index >= 15 is 0 Å². The van der Waals surface area contributed by atoms with E-state index in [1.807, 2.05) is 0 Å². The van der Waals surface area contributed by atoms with Crippen molar-refractivity contribution >= 4 is 67.6 Å². The predicted octanol–water partition coefficient (Wildman–Crippen LogP) is 9.61. The summed E-state index contributed by atoms with van der Waals surface area (Å²) >= 11 is 14.2. The molecule has 12 heteroatoms. The molecule has 4 nitrogen and oxygen atoms in total. The molecule has 0 aliphatic carbocycles. The molecular formula is C24H52MoO4P2S5. The SMILES string of the molecule is CCCCCCOP([O-])(=S)SCCCCCC.CCCCCCOP([O-])(=S)SCCCCCC.[S]=[Mo+2]. The zero-order chi connectivity index (χ0) is 28.0. The van der Waals surface area contributed by atoms with E-state index < -0.39 is 11.4 Å². The fourth-order valence-corrected chi connectivity index (χ4v) is 9.66. The minimum atomic E-state index is -2.79. The summed E-state index contributed by atoms with van der Waals surface area (Å²) in [6, 6.07) is 0. The van der Waals surface area contributed by atoms with Crippen molar-refractivity contribution < 1.29 is 36.8 Å². The zero-order valence-electron chi connectivity index (χ0n) is 23.1. The number of rotatable bonds is 24. The normalized spacial score (nSPS) is 14.0. The summed E-state index contributed by atoms with van der Waals surface area (Å²) in [6.07, 6.45) is 18.6. The van der Waals surface area contributed by atoms with Crippen molar-refractivity contribution in [2.75, 3.05) is 24.7 Å². The van der Waals surface area contributed by atoms with Gasteiger partial charge in [-0.25, -0.2) is 0 Å². The Morgan fingerprint density at radius 1 is 0.528 bits per heavy atom. The minimum absolute atomic E-state index is 0.558. The Morgan fingerprint density at radius 3 is 1.08 bits per heavy atom. The molecule has 218 valence electrons. The molecule has 36 heavy (non-hydrogen) atoms. The van der Waals surface area contributed by atoms with Crippen LogP contribution in [-0.2, 0) is 50.7 Å². The fourth-order valence-electron chi connectivity index (χ4n) is 2.90. The van der Waals surface area contributed by atoms with Gasteiger partial charge in [0.05, 0.1) is 13.2 Å². The maximum absolute atomic E-state index is 11.8. The average Bonchev–Trinajstić information content (AvgIpc) is 2.85. The van der Waals surface area contributed by atoms with Crippen molar-refractivity contribution in [2.24, 2.45) is 0 Å². The van der Waals surface area contributed by atoms with Crippen molar-refractivity contribution in [3.63, 3.8) is 0 Å². The predicted molar refractivity (Wildman–Crippen MR) is 170 cm³/mol. The molecule has 0 saturated heterocycles. The Morgan fingerprint density at radius 2 is 0.806 bits per heavy atom. The molecule has 0 N–H and O–H groups in total. The molecule has 0 aromatic carbocycles.